The van der Waals surface area contributed by atoms with E-state index in [-0.39, 0.29) is 11.4 Å². The summed E-state index contributed by atoms with van der Waals surface area (Å²) in [5, 5.41) is 19.0. The van der Waals surface area contributed by atoms with Crippen LogP contribution in [0, 0.1) is 5.41 Å². The molecule has 0 radical (unpaired) electrons. The smallest absolute Gasteiger partial charge is 0.166 e. The average Bonchev–Trinajstić information content (AvgIpc) is 2.05. The van der Waals surface area contributed by atoms with Gasteiger partial charge in [-0.25, -0.2) is 0 Å². The second-order valence-electron chi connectivity index (χ2n) is 1.99. The van der Waals surface area contributed by atoms with Crippen LogP contribution in [0.2, 0.25) is 0 Å². The fourth-order valence-electron chi connectivity index (χ4n) is 0.778. The molecule has 0 aliphatic heterocycles. The van der Waals surface area contributed by atoms with Gasteiger partial charge in [-0.05, 0) is 6.07 Å². The summed E-state index contributed by atoms with van der Waals surface area (Å²) >= 11 is 0. The third kappa shape index (κ3) is 1.29. The van der Waals surface area contributed by atoms with E-state index in [4.69, 9.17) is 5.41 Å². The molecular formula is C7H9N3O. The molecule has 0 saturated heterocycles. The van der Waals surface area contributed by atoms with Crippen LogP contribution in [0.15, 0.2) is 12.3 Å². The Morgan fingerprint density at radius 2 is 2.45 bits per heavy atom. The molecule has 0 atom stereocenters. The van der Waals surface area contributed by atoms with Crippen molar-refractivity contribution in [3.8, 4) is 5.75 Å². The first kappa shape index (κ1) is 7.53. The molecule has 0 aromatic carbocycles. The molecule has 0 aliphatic carbocycles. The van der Waals surface area contributed by atoms with Crippen molar-refractivity contribution in [3.05, 3.63) is 18.0 Å². The second-order valence-corrected chi connectivity index (χ2v) is 1.99. The minimum absolute atomic E-state index is 0.0185. The molecule has 1 rings (SSSR count). The maximum Gasteiger partial charge on any atom is 0.166 e. The summed E-state index contributed by atoms with van der Waals surface area (Å²) in [4.78, 5) is 3.77. The van der Waals surface area contributed by atoms with Crippen molar-refractivity contribution in [2.24, 2.45) is 0 Å². The Hall–Kier alpha value is -1.58. The number of rotatable bonds is 2. The van der Waals surface area contributed by atoms with Gasteiger partial charge < -0.3 is 15.8 Å². The molecule has 0 fully saturated rings. The normalized spacial score (nSPS) is 9.18. The molecule has 0 aliphatic rings. The van der Waals surface area contributed by atoms with Gasteiger partial charge in [-0.3, -0.25) is 4.98 Å². The van der Waals surface area contributed by atoms with Gasteiger partial charge >= 0.3 is 0 Å². The SMILES string of the molecule is CNc1ccnc(C=N)c1O. The number of hydrogen-bond acceptors (Lipinski definition) is 4. The number of nitrogens with zero attached hydrogens (tertiary/aromatic N) is 1. The highest BCUT2D eigenvalue weighted by molar-refractivity contribution is 5.81. The lowest BCUT2D eigenvalue weighted by Crippen LogP contribution is -1.93. The van der Waals surface area contributed by atoms with E-state index in [1.165, 1.54) is 6.20 Å². The van der Waals surface area contributed by atoms with Crippen LogP contribution in [-0.2, 0) is 0 Å². The summed E-state index contributed by atoms with van der Waals surface area (Å²) in [5.41, 5.74) is 0.857. The van der Waals surface area contributed by atoms with Gasteiger partial charge in [0.25, 0.3) is 0 Å². The quantitative estimate of drug-likeness (QED) is 0.548. The predicted octanol–water partition coefficient (Wildman–Crippen LogP) is 0.827. The van der Waals surface area contributed by atoms with Crippen LogP contribution in [0.25, 0.3) is 0 Å². The summed E-state index contributed by atoms with van der Waals surface area (Å²) in [6.45, 7) is 0. The van der Waals surface area contributed by atoms with E-state index in [1.807, 2.05) is 0 Å². The van der Waals surface area contributed by atoms with E-state index >= 15 is 0 Å². The zero-order valence-corrected chi connectivity index (χ0v) is 6.13. The average molecular weight is 151 g/mol. The molecule has 11 heavy (non-hydrogen) atoms. The van der Waals surface area contributed by atoms with E-state index in [9.17, 15) is 5.11 Å². The third-order valence-corrected chi connectivity index (χ3v) is 1.36. The maximum absolute atomic E-state index is 9.31. The Morgan fingerprint density at radius 1 is 1.73 bits per heavy atom. The third-order valence-electron chi connectivity index (χ3n) is 1.36. The van der Waals surface area contributed by atoms with Gasteiger partial charge in [0, 0.05) is 19.5 Å². The first-order chi connectivity index (χ1) is 5.29. The topological polar surface area (TPSA) is 69.0 Å². The molecule has 0 unspecified atom stereocenters. The van der Waals surface area contributed by atoms with Crippen molar-refractivity contribution in [2.75, 3.05) is 12.4 Å². The van der Waals surface area contributed by atoms with Gasteiger partial charge in [-0.1, -0.05) is 0 Å². The Morgan fingerprint density at radius 3 is 3.00 bits per heavy atom. The van der Waals surface area contributed by atoms with Crippen LogP contribution < -0.4 is 5.32 Å². The Kier molecular flexibility index (Phi) is 2.06. The van der Waals surface area contributed by atoms with Gasteiger partial charge in [0.1, 0.15) is 5.69 Å². The zero-order chi connectivity index (χ0) is 8.27. The van der Waals surface area contributed by atoms with Crippen LogP contribution in [-0.4, -0.2) is 23.4 Å². The van der Waals surface area contributed by atoms with Crippen LogP contribution in [0.5, 0.6) is 5.75 Å². The number of nitrogens with one attached hydrogen (secondary N) is 2. The van der Waals surface area contributed by atoms with Gasteiger partial charge in [0.15, 0.2) is 5.75 Å². The lowest BCUT2D eigenvalue weighted by molar-refractivity contribution is 0.474. The molecule has 1 aromatic heterocycles. The Balaban J connectivity index is 3.20. The highest BCUT2D eigenvalue weighted by Gasteiger charge is 2.02. The fourth-order valence-corrected chi connectivity index (χ4v) is 0.778. The largest absolute Gasteiger partial charge is 0.504 e. The van der Waals surface area contributed by atoms with E-state index in [2.05, 4.69) is 10.3 Å². The Bertz CT molecular complexity index is 272. The van der Waals surface area contributed by atoms with E-state index in [0.717, 1.165) is 6.21 Å². The molecule has 1 heterocycles. The molecule has 0 amide bonds. The molecule has 3 N–H and O–H groups in total. The van der Waals surface area contributed by atoms with Crippen LogP contribution >= 0.6 is 0 Å². The van der Waals surface area contributed by atoms with E-state index in [0.29, 0.717) is 5.69 Å². The monoisotopic (exact) mass is 151 g/mol. The Labute approximate surface area is 64.4 Å². The predicted molar refractivity (Wildman–Crippen MR) is 43.3 cm³/mol. The number of anilines is 1. The van der Waals surface area contributed by atoms with Crippen molar-refractivity contribution in [1.29, 1.82) is 5.41 Å². The molecule has 1 aromatic rings. The minimum atomic E-state index is 0.0185. The van der Waals surface area contributed by atoms with Crippen LogP contribution in [0.1, 0.15) is 5.69 Å². The van der Waals surface area contributed by atoms with Crippen molar-refractivity contribution < 1.29 is 5.11 Å². The number of aromatic nitrogens is 1. The number of hydrogen-bond donors (Lipinski definition) is 3. The highest BCUT2D eigenvalue weighted by atomic mass is 16.3. The second kappa shape index (κ2) is 3.01. The molecule has 0 bridgehead atoms. The minimum Gasteiger partial charge on any atom is -0.504 e. The summed E-state index contributed by atoms with van der Waals surface area (Å²) in [6.07, 6.45) is 2.54. The molecule has 0 saturated carbocycles. The van der Waals surface area contributed by atoms with Crippen LogP contribution in [0.3, 0.4) is 0 Å². The highest BCUT2D eigenvalue weighted by Crippen LogP contribution is 2.23. The molecule has 0 spiro atoms. The lowest BCUT2D eigenvalue weighted by atomic mass is 10.3. The van der Waals surface area contributed by atoms with E-state index < -0.39 is 0 Å². The number of pyridine rings is 1. The van der Waals surface area contributed by atoms with Crippen molar-refractivity contribution >= 4 is 11.9 Å². The summed E-state index contributed by atoms with van der Waals surface area (Å²) in [6, 6.07) is 1.64. The molecular weight excluding hydrogens is 142 g/mol. The first-order valence-electron chi connectivity index (χ1n) is 3.15. The van der Waals surface area contributed by atoms with Gasteiger partial charge in [-0.2, -0.15) is 0 Å². The lowest BCUT2D eigenvalue weighted by Gasteiger charge is -2.03. The molecule has 4 nitrogen and oxygen atoms in total. The van der Waals surface area contributed by atoms with Crippen molar-refractivity contribution in [3.63, 3.8) is 0 Å². The van der Waals surface area contributed by atoms with Gasteiger partial charge in [0.05, 0.1) is 5.69 Å². The maximum atomic E-state index is 9.31. The zero-order valence-electron chi connectivity index (χ0n) is 6.13. The summed E-state index contributed by atoms with van der Waals surface area (Å²) < 4.78 is 0. The number of aromatic hydroxyl groups is 1. The van der Waals surface area contributed by atoms with Gasteiger partial charge in [-0.15, -0.1) is 0 Å². The van der Waals surface area contributed by atoms with E-state index in [1.54, 1.807) is 13.1 Å². The fraction of sp³-hybridized carbons (Fsp3) is 0.143. The molecule has 4 heteroatoms. The van der Waals surface area contributed by atoms with Crippen LogP contribution in [0.4, 0.5) is 5.69 Å². The summed E-state index contributed by atoms with van der Waals surface area (Å²) in [7, 11) is 1.70. The van der Waals surface area contributed by atoms with Crippen molar-refractivity contribution in [1.82, 2.24) is 4.98 Å². The van der Waals surface area contributed by atoms with Crippen molar-refractivity contribution in [2.45, 2.75) is 0 Å². The van der Waals surface area contributed by atoms with Gasteiger partial charge in [0.2, 0.25) is 0 Å². The first-order valence-corrected chi connectivity index (χ1v) is 3.15. The molecule has 58 valence electrons. The summed E-state index contributed by atoms with van der Waals surface area (Å²) in [5.74, 6) is 0.0185. The standard InChI is InChI=1S/C7H9N3O/c1-9-5-2-3-10-6(4-8)7(5)11/h2-4,8,11H,1H3,(H,9,10).